The fourth-order valence-electron chi connectivity index (χ4n) is 5.98. The minimum atomic E-state index is -0.534. The van der Waals surface area contributed by atoms with Crippen molar-refractivity contribution in [3.8, 4) is 11.5 Å². The van der Waals surface area contributed by atoms with Crippen LogP contribution in [-0.4, -0.2) is 54.1 Å². The highest BCUT2D eigenvalue weighted by atomic mass is 16.5. The number of aryl methyl sites for hydroxylation is 1. The summed E-state index contributed by atoms with van der Waals surface area (Å²) < 4.78 is 6.09. The first-order valence-electron chi connectivity index (χ1n) is 12.5. The molecule has 2 amide bonds. The van der Waals surface area contributed by atoms with Crippen LogP contribution in [0.2, 0.25) is 0 Å². The number of benzene rings is 2. The molecule has 0 unspecified atom stereocenters. The second kappa shape index (κ2) is 8.31. The number of rotatable bonds is 5. The van der Waals surface area contributed by atoms with Crippen molar-refractivity contribution in [2.45, 2.75) is 56.4 Å². The first-order valence-corrected chi connectivity index (χ1v) is 12.5. The molecule has 1 spiro atoms. The van der Waals surface area contributed by atoms with E-state index in [4.69, 9.17) is 4.74 Å². The van der Waals surface area contributed by atoms with Gasteiger partial charge in [-0.2, -0.15) is 0 Å². The molecule has 1 saturated carbocycles. The highest BCUT2D eigenvalue weighted by Gasteiger charge is 2.48. The number of piperidine rings is 1. The summed E-state index contributed by atoms with van der Waals surface area (Å²) >= 11 is 0. The van der Waals surface area contributed by atoms with Gasteiger partial charge in [-0.15, -0.1) is 0 Å². The van der Waals surface area contributed by atoms with Crippen LogP contribution in [-0.2, 0) is 21.4 Å². The second-order valence-electron chi connectivity index (χ2n) is 10.1. The van der Waals surface area contributed by atoms with Crippen molar-refractivity contribution in [2.75, 3.05) is 36.5 Å². The summed E-state index contributed by atoms with van der Waals surface area (Å²) in [4.78, 5) is 29.6. The van der Waals surface area contributed by atoms with Crippen molar-refractivity contribution >= 4 is 23.2 Å². The third kappa shape index (κ3) is 3.54. The SMILES string of the molecule is O=C1CCc2cc(OCCN3CCC4(CC3)C(=O)Nc3ccc(O)cc34)ccc2N1C1CCC1. The Balaban J connectivity index is 1.05. The number of hydrogen-bond donors (Lipinski definition) is 2. The molecule has 2 fully saturated rings. The number of phenols is 1. The number of likely N-dealkylation sites (tertiary alicyclic amines) is 1. The predicted molar refractivity (Wildman–Crippen MR) is 129 cm³/mol. The van der Waals surface area contributed by atoms with Crippen LogP contribution >= 0.6 is 0 Å². The van der Waals surface area contributed by atoms with Crippen LogP contribution in [0.3, 0.4) is 0 Å². The lowest BCUT2D eigenvalue weighted by atomic mass is 9.73. The maximum Gasteiger partial charge on any atom is 0.235 e. The zero-order chi connectivity index (χ0) is 23.3. The lowest BCUT2D eigenvalue weighted by Crippen LogP contribution is -2.47. The Morgan fingerprint density at radius 3 is 2.65 bits per heavy atom. The molecule has 2 N–H and O–H groups in total. The van der Waals surface area contributed by atoms with Gasteiger partial charge in [-0.25, -0.2) is 0 Å². The molecule has 4 aliphatic rings. The lowest BCUT2D eigenvalue weighted by molar-refractivity contribution is -0.122. The van der Waals surface area contributed by atoms with Crippen molar-refractivity contribution < 1.29 is 19.4 Å². The standard InChI is InChI=1S/C27H31N3O4/c31-20-5-7-23-22(17-20)27(26(33)28-23)10-12-29(13-11-27)14-15-34-21-6-8-24-18(16-21)4-9-25(32)30(24)19-2-1-3-19/h5-8,16-17,19,31H,1-4,9-15H2,(H,28,33). The van der Waals surface area contributed by atoms with Crippen LogP contribution < -0.4 is 15.0 Å². The molecule has 178 valence electrons. The van der Waals surface area contributed by atoms with Gasteiger partial charge in [-0.3, -0.25) is 14.5 Å². The first kappa shape index (κ1) is 21.5. The van der Waals surface area contributed by atoms with Crippen LogP contribution in [0, 0.1) is 0 Å². The van der Waals surface area contributed by atoms with Crippen molar-refractivity contribution in [1.82, 2.24) is 4.90 Å². The van der Waals surface area contributed by atoms with E-state index >= 15 is 0 Å². The summed E-state index contributed by atoms with van der Waals surface area (Å²) in [6.07, 6.45) is 6.25. The molecule has 34 heavy (non-hydrogen) atoms. The summed E-state index contributed by atoms with van der Waals surface area (Å²) in [6, 6.07) is 11.7. The summed E-state index contributed by atoms with van der Waals surface area (Å²) in [5.41, 5.74) is 3.49. The van der Waals surface area contributed by atoms with Crippen molar-refractivity contribution in [3.63, 3.8) is 0 Å². The number of nitrogens with zero attached hydrogens (tertiary/aromatic N) is 2. The van der Waals surface area contributed by atoms with E-state index in [2.05, 4.69) is 22.3 Å². The Bertz CT molecular complexity index is 1130. The zero-order valence-corrected chi connectivity index (χ0v) is 19.4. The van der Waals surface area contributed by atoms with E-state index in [-0.39, 0.29) is 17.6 Å². The quantitative estimate of drug-likeness (QED) is 0.665. The first-order chi connectivity index (χ1) is 16.5. The van der Waals surface area contributed by atoms with Crippen LogP contribution in [0.4, 0.5) is 11.4 Å². The molecular formula is C27H31N3O4. The number of fused-ring (bicyclic) bond motifs is 3. The van der Waals surface area contributed by atoms with Crippen molar-refractivity contribution in [2.24, 2.45) is 0 Å². The Hall–Kier alpha value is -3.06. The van der Waals surface area contributed by atoms with E-state index in [1.165, 1.54) is 12.0 Å². The average molecular weight is 462 g/mol. The third-order valence-electron chi connectivity index (χ3n) is 8.21. The number of hydrogen-bond acceptors (Lipinski definition) is 5. The van der Waals surface area contributed by atoms with E-state index in [9.17, 15) is 14.7 Å². The van der Waals surface area contributed by atoms with Gasteiger partial charge < -0.3 is 20.1 Å². The summed E-state index contributed by atoms with van der Waals surface area (Å²) in [7, 11) is 0. The Morgan fingerprint density at radius 2 is 1.88 bits per heavy atom. The van der Waals surface area contributed by atoms with E-state index in [0.29, 0.717) is 19.1 Å². The van der Waals surface area contributed by atoms with Crippen LogP contribution in [0.25, 0.3) is 0 Å². The van der Waals surface area contributed by atoms with Gasteiger partial charge in [0.15, 0.2) is 0 Å². The molecule has 0 radical (unpaired) electrons. The molecule has 6 rings (SSSR count). The molecule has 3 heterocycles. The van der Waals surface area contributed by atoms with Gasteiger partial charge in [0.1, 0.15) is 18.1 Å². The minimum Gasteiger partial charge on any atom is -0.508 e. The molecule has 2 aromatic rings. The number of aromatic hydroxyl groups is 1. The smallest absolute Gasteiger partial charge is 0.235 e. The largest absolute Gasteiger partial charge is 0.508 e. The number of anilines is 2. The zero-order valence-electron chi connectivity index (χ0n) is 19.4. The minimum absolute atomic E-state index is 0.0486. The molecule has 3 aliphatic heterocycles. The summed E-state index contributed by atoms with van der Waals surface area (Å²) in [5, 5.41) is 12.9. The number of nitrogens with one attached hydrogen (secondary N) is 1. The molecule has 0 atom stereocenters. The van der Waals surface area contributed by atoms with E-state index in [1.54, 1.807) is 18.2 Å². The fraction of sp³-hybridized carbons (Fsp3) is 0.481. The van der Waals surface area contributed by atoms with Gasteiger partial charge in [0, 0.05) is 30.4 Å². The molecule has 7 nitrogen and oxygen atoms in total. The number of amides is 2. The summed E-state index contributed by atoms with van der Waals surface area (Å²) in [6.45, 7) is 3.01. The lowest BCUT2D eigenvalue weighted by Gasteiger charge is -2.40. The summed E-state index contributed by atoms with van der Waals surface area (Å²) in [5.74, 6) is 1.36. The second-order valence-corrected chi connectivity index (χ2v) is 10.1. The maximum atomic E-state index is 12.8. The molecule has 7 heteroatoms. The van der Waals surface area contributed by atoms with Gasteiger partial charge in [0.05, 0.1) is 5.41 Å². The monoisotopic (exact) mass is 461 g/mol. The van der Waals surface area contributed by atoms with E-state index < -0.39 is 5.41 Å². The van der Waals surface area contributed by atoms with Crippen LogP contribution in [0.1, 0.15) is 49.7 Å². The molecule has 1 aliphatic carbocycles. The molecular weight excluding hydrogens is 430 g/mol. The average Bonchev–Trinajstić information content (AvgIpc) is 3.06. The van der Waals surface area contributed by atoms with E-state index in [0.717, 1.165) is 74.4 Å². The van der Waals surface area contributed by atoms with Crippen molar-refractivity contribution in [3.05, 3.63) is 47.5 Å². The van der Waals surface area contributed by atoms with Crippen molar-refractivity contribution in [1.29, 1.82) is 0 Å². The molecule has 0 aromatic heterocycles. The number of phenolic OH excluding ortho intramolecular Hbond substituents is 1. The molecule has 2 aromatic carbocycles. The normalized spacial score (nSPS) is 21.7. The number of ether oxygens (including phenoxy) is 1. The maximum absolute atomic E-state index is 12.8. The predicted octanol–water partition coefficient (Wildman–Crippen LogP) is 3.59. The highest BCUT2D eigenvalue weighted by molar-refractivity contribution is 6.06. The Morgan fingerprint density at radius 1 is 1.06 bits per heavy atom. The number of carbonyl (C=O) groups is 2. The Labute approximate surface area is 199 Å². The van der Waals surface area contributed by atoms with Gasteiger partial charge in [-0.05, 0) is 99.1 Å². The topological polar surface area (TPSA) is 82.1 Å². The van der Waals surface area contributed by atoms with Gasteiger partial charge >= 0.3 is 0 Å². The molecule has 0 bridgehead atoms. The third-order valence-corrected chi connectivity index (χ3v) is 8.21. The van der Waals surface area contributed by atoms with Gasteiger partial charge in [-0.1, -0.05) is 0 Å². The van der Waals surface area contributed by atoms with Crippen LogP contribution in [0.15, 0.2) is 36.4 Å². The number of carbonyl (C=O) groups excluding carboxylic acids is 2. The van der Waals surface area contributed by atoms with Gasteiger partial charge in [0.2, 0.25) is 11.8 Å². The van der Waals surface area contributed by atoms with Crippen LogP contribution in [0.5, 0.6) is 11.5 Å². The Kier molecular flexibility index (Phi) is 5.25. The fourth-order valence-corrected chi connectivity index (χ4v) is 5.98. The highest BCUT2D eigenvalue weighted by Crippen LogP contribution is 2.46. The molecule has 1 saturated heterocycles. The van der Waals surface area contributed by atoms with E-state index in [1.807, 2.05) is 11.0 Å². The van der Waals surface area contributed by atoms with Gasteiger partial charge in [0.25, 0.3) is 0 Å².